The molecule has 0 amide bonds. The van der Waals surface area contributed by atoms with E-state index in [-0.39, 0.29) is 0 Å². The zero-order valence-electron chi connectivity index (χ0n) is 32.9. The van der Waals surface area contributed by atoms with Crippen molar-refractivity contribution in [1.29, 1.82) is 0 Å². The molecule has 0 atom stereocenters. The maximum Gasteiger partial charge on any atom is 0.137 e. The molecule has 0 aliphatic rings. The van der Waals surface area contributed by atoms with Crippen molar-refractivity contribution in [1.82, 2.24) is 0 Å². The molecule has 11 rings (SSSR count). The molecule has 2 heteroatoms. The van der Waals surface area contributed by atoms with E-state index in [9.17, 15) is 0 Å². The third-order valence-electron chi connectivity index (χ3n) is 11.7. The molecule has 0 saturated heterocycles. The minimum Gasteiger partial charge on any atom is -0.456 e. The summed E-state index contributed by atoms with van der Waals surface area (Å²) in [7, 11) is 0. The van der Waals surface area contributed by atoms with Gasteiger partial charge < -0.3 is 9.32 Å². The third kappa shape index (κ3) is 6.32. The minimum atomic E-state index is 0.863. The summed E-state index contributed by atoms with van der Waals surface area (Å²) in [6.45, 7) is 0. The Labute approximate surface area is 349 Å². The lowest BCUT2D eigenvalue weighted by atomic mass is 9.89. The van der Waals surface area contributed by atoms with Crippen LogP contribution in [0.4, 0.5) is 17.1 Å². The van der Waals surface area contributed by atoms with Crippen molar-refractivity contribution < 1.29 is 4.42 Å². The molecule has 0 aliphatic carbocycles. The third-order valence-corrected chi connectivity index (χ3v) is 11.7. The molecule has 0 fully saturated rings. The fourth-order valence-electron chi connectivity index (χ4n) is 8.88. The fraction of sp³-hybridized carbons (Fsp3) is 0. The lowest BCUT2D eigenvalue weighted by Crippen LogP contribution is -2.09. The summed E-state index contributed by atoms with van der Waals surface area (Å²) >= 11 is 0. The number of fused-ring (bicyclic) bond motifs is 4. The van der Waals surface area contributed by atoms with E-state index in [1.165, 1.54) is 60.8 Å². The number of nitrogens with zero attached hydrogens (tertiary/aromatic N) is 1. The number of anilines is 3. The second-order valence-electron chi connectivity index (χ2n) is 15.2. The van der Waals surface area contributed by atoms with Crippen molar-refractivity contribution >= 4 is 49.8 Å². The molecule has 2 nitrogen and oxygen atoms in total. The molecular formula is C58H39NO. The maximum absolute atomic E-state index is 6.43. The Morgan fingerprint density at radius 2 is 0.683 bits per heavy atom. The molecule has 0 unspecified atom stereocenters. The summed E-state index contributed by atoms with van der Waals surface area (Å²) in [5, 5.41) is 4.71. The zero-order chi connectivity index (χ0) is 39.8. The topological polar surface area (TPSA) is 16.4 Å². The fourth-order valence-corrected chi connectivity index (χ4v) is 8.88. The molecule has 10 aromatic carbocycles. The molecule has 11 aromatic rings. The van der Waals surface area contributed by atoms with E-state index >= 15 is 0 Å². The van der Waals surface area contributed by atoms with Crippen LogP contribution in [0.5, 0.6) is 0 Å². The van der Waals surface area contributed by atoms with Gasteiger partial charge in [-0.1, -0.05) is 188 Å². The van der Waals surface area contributed by atoms with Crippen molar-refractivity contribution in [3.63, 3.8) is 0 Å². The van der Waals surface area contributed by atoms with Gasteiger partial charge in [0.25, 0.3) is 0 Å². The first-order chi connectivity index (χ1) is 29.8. The van der Waals surface area contributed by atoms with E-state index in [1.54, 1.807) is 0 Å². The van der Waals surface area contributed by atoms with Gasteiger partial charge in [0.1, 0.15) is 11.2 Å². The van der Waals surface area contributed by atoms with E-state index in [2.05, 4.69) is 229 Å². The van der Waals surface area contributed by atoms with Crippen molar-refractivity contribution in [3.05, 3.63) is 237 Å². The first kappa shape index (κ1) is 35.2. The second kappa shape index (κ2) is 15.1. The smallest absolute Gasteiger partial charge is 0.137 e. The summed E-state index contributed by atoms with van der Waals surface area (Å²) in [6.07, 6.45) is 0. The highest BCUT2D eigenvalue weighted by Crippen LogP contribution is 2.43. The van der Waals surface area contributed by atoms with Gasteiger partial charge in [0.05, 0.1) is 0 Å². The first-order valence-electron chi connectivity index (χ1n) is 20.5. The Morgan fingerprint density at radius 1 is 0.267 bits per heavy atom. The summed E-state index contributed by atoms with van der Waals surface area (Å²) in [6, 6.07) is 84.8. The van der Waals surface area contributed by atoms with Gasteiger partial charge in [-0.05, 0) is 109 Å². The average Bonchev–Trinajstić information content (AvgIpc) is 3.70. The van der Waals surface area contributed by atoms with Crippen LogP contribution in [0.15, 0.2) is 241 Å². The summed E-state index contributed by atoms with van der Waals surface area (Å²) < 4.78 is 6.43. The highest BCUT2D eigenvalue weighted by molar-refractivity contribution is 6.07. The number of hydrogen-bond acceptors (Lipinski definition) is 2. The molecule has 1 heterocycles. The van der Waals surface area contributed by atoms with Crippen LogP contribution in [0.2, 0.25) is 0 Å². The predicted molar refractivity (Wildman–Crippen MR) is 253 cm³/mol. The van der Waals surface area contributed by atoms with Gasteiger partial charge in [-0.25, -0.2) is 0 Å². The van der Waals surface area contributed by atoms with Gasteiger partial charge in [-0.15, -0.1) is 0 Å². The Hall–Kier alpha value is -7.94. The van der Waals surface area contributed by atoms with E-state index < -0.39 is 0 Å². The zero-order valence-corrected chi connectivity index (χ0v) is 32.9. The molecule has 60 heavy (non-hydrogen) atoms. The van der Waals surface area contributed by atoms with Gasteiger partial charge >= 0.3 is 0 Å². The van der Waals surface area contributed by atoms with Crippen molar-refractivity contribution in [3.8, 4) is 55.6 Å². The van der Waals surface area contributed by atoms with E-state index in [1.807, 2.05) is 12.1 Å². The lowest BCUT2D eigenvalue weighted by molar-refractivity contribution is 0.669. The quantitative estimate of drug-likeness (QED) is 0.153. The number of benzene rings is 10. The van der Waals surface area contributed by atoms with Crippen LogP contribution in [0.3, 0.4) is 0 Å². The Morgan fingerprint density at radius 3 is 1.27 bits per heavy atom. The largest absolute Gasteiger partial charge is 0.456 e. The van der Waals surface area contributed by atoms with E-state index in [0.717, 1.165) is 44.6 Å². The molecule has 282 valence electrons. The Bertz CT molecular complexity index is 3290. The SMILES string of the molecule is c1ccc(-c2ccccc2-c2ccccc2-c2ccc(N(c3ccc(-c4cccc5cccc(-c6ccccc6)c45)cc3)c3ccc4c(c3)oc3ccccc34)cc2)cc1. The molecule has 1 aromatic heterocycles. The second-order valence-corrected chi connectivity index (χ2v) is 15.2. The number of hydrogen-bond donors (Lipinski definition) is 0. The van der Waals surface area contributed by atoms with Crippen LogP contribution in [0.25, 0.3) is 88.3 Å². The molecule has 0 N–H and O–H groups in total. The van der Waals surface area contributed by atoms with E-state index in [4.69, 9.17) is 4.42 Å². The summed E-state index contributed by atoms with van der Waals surface area (Å²) in [5.74, 6) is 0. The van der Waals surface area contributed by atoms with Gasteiger partial charge in [0, 0.05) is 33.9 Å². The lowest BCUT2D eigenvalue weighted by Gasteiger charge is -2.26. The van der Waals surface area contributed by atoms with E-state index in [0.29, 0.717) is 0 Å². The average molecular weight is 766 g/mol. The molecule has 0 radical (unpaired) electrons. The van der Waals surface area contributed by atoms with Crippen molar-refractivity contribution in [2.45, 2.75) is 0 Å². The van der Waals surface area contributed by atoms with Crippen LogP contribution < -0.4 is 4.90 Å². The molecule has 0 saturated carbocycles. The van der Waals surface area contributed by atoms with Crippen LogP contribution in [0, 0.1) is 0 Å². The van der Waals surface area contributed by atoms with Crippen LogP contribution >= 0.6 is 0 Å². The number of rotatable bonds is 8. The normalized spacial score (nSPS) is 11.3. The first-order valence-corrected chi connectivity index (χ1v) is 20.5. The Kier molecular flexibility index (Phi) is 8.87. The minimum absolute atomic E-state index is 0.863. The highest BCUT2D eigenvalue weighted by atomic mass is 16.3. The van der Waals surface area contributed by atoms with Gasteiger partial charge in [0.2, 0.25) is 0 Å². The summed E-state index contributed by atoms with van der Waals surface area (Å²) in [5.41, 5.74) is 16.9. The summed E-state index contributed by atoms with van der Waals surface area (Å²) in [4.78, 5) is 2.33. The number of furan rings is 1. The molecule has 0 spiro atoms. The van der Waals surface area contributed by atoms with Gasteiger partial charge in [0.15, 0.2) is 0 Å². The standard InChI is InChI=1S/C58H39NO/c1-3-15-40(16-4-1)48-21-7-9-23-52(48)53-24-10-8-22-49(53)42-29-33-45(34-30-42)59(47-37-38-55-54-25-11-12-28-56(54)60-57(55)39-47)46-35-31-43(32-36-46)51-27-14-20-44-19-13-26-50(58(44)51)41-17-5-2-6-18-41/h1-39H. The molecule has 0 aliphatic heterocycles. The molecule has 0 bridgehead atoms. The van der Waals surface area contributed by atoms with Crippen LogP contribution in [0.1, 0.15) is 0 Å². The monoisotopic (exact) mass is 765 g/mol. The van der Waals surface area contributed by atoms with Gasteiger partial charge in [-0.3, -0.25) is 0 Å². The van der Waals surface area contributed by atoms with Crippen LogP contribution in [-0.4, -0.2) is 0 Å². The Balaban J connectivity index is 1.02. The maximum atomic E-state index is 6.43. The predicted octanol–water partition coefficient (Wildman–Crippen LogP) is 16.5. The number of para-hydroxylation sites is 1. The van der Waals surface area contributed by atoms with Crippen LogP contribution in [-0.2, 0) is 0 Å². The molecular weight excluding hydrogens is 727 g/mol. The highest BCUT2D eigenvalue weighted by Gasteiger charge is 2.18. The van der Waals surface area contributed by atoms with Crippen molar-refractivity contribution in [2.24, 2.45) is 0 Å². The van der Waals surface area contributed by atoms with Gasteiger partial charge in [-0.2, -0.15) is 0 Å². The van der Waals surface area contributed by atoms with Crippen molar-refractivity contribution in [2.75, 3.05) is 4.90 Å².